The van der Waals surface area contributed by atoms with Crippen molar-refractivity contribution in [1.29, 1.82) is 0 Å². The van der Waals surface area contributed by atoms with Gasteiger partial charge in [-0.3, -0.25) is 4.98 Å². The highest BCUT2D eigenvalue weighted by molar-refractivity contribution is 5.32. The first-order valence-electron chi connectivity index (χ1n) is 4.95. The Kier molecular flexibility index (Phi) is 2.32. The normalized spacial score (nSPS) is 17.1. The largest absolute Gasteiger partial charge is 0.302 e. The average Bonchev–Trinajstić information content (AvgIpc) is 2.17. The minimum absolute atomic E-state index is 1.05. The highest BCUT2D eigenvalue weighted by Gasteiger charge is 2.15. The van der Waals surface area contributed by atoms with Crippen LogP contribution < -0.4 is 0 Å². The molecule has 0 atom stereocenters. The summed E-state index contributed by atoms with van der Waals surface area (Å²) in [5, 5.41) is 0. The minimum Gasteiger partial charge on any atom is -0.302 e. The van der Waals surface area contributed by atoms with Crippen LogP contribution in [-0.4, -0.2) is 23.5 Å². The number of hydrogen-bond donors (Lipinski definition) is 0. The van der Waals surface area contributed by atoms with E-state index in [2.05, 4.69) is 29.9 Å². The highest BCUT2D eigenvalue weighted by atomic mass is 15.1. The summed E-state index contributed by atoms with van der Waals surface area (Å²) in [6.45, 7) is 4.43. The summed E-state index contributed by atoms with van der Waals surface area (Å²) in [6.07, 6.45) is 4.18. The van der Waals surface area contributed by atoms with Gasteiger partial charge in [0.25, 0.3) is 0 Å². The molecule has 0 aliphatic carbocycles. The van der Waals surface area contributed by atoms with Gasteiger partial charge in [-0.1, -0.05) is 6.92 Å². The van der Waals surface area contributed by atoms with Crippen LogP contribution in [0.5, 0.6) is 0 Å². The number of fused-ring (bicyclic) bond motifs is 1. The Morgan fingerprint density at radius 3 is 3.15 bits per heavy atom. The van der Waals surface area contributed by atoms with Crippen molar-refractivity contribution >= 4 is 0 Å². The standard InChI is InChI=1S/C11H16N2/c1-3-11-10-8-13(2)7-5-9(10)4-6-12-11/h4,6H,3,5,7-8H2,1-2H3. The molecule has 2 heterocycles. The molecule has 0 N–H and O–H groups in total. The first kappa shape index (κ1) is 8.70. The van der Waals surface area contributed by atoms with Gasteiger partial charge in [0, 0.05) is 25.0 Å². The molecule has 13 heavy (non-hydrogen) atoms. The Hall–Kier alpha value is -0.890. The third-order valence-electron chi connectivity index (χ3n) is 2.77. The zero-order valence-electron chi connectivity index (χ0n) is 8.38. The number of aromatic nitrogens is 1. The SMILES string of the molecule is CCc1nccc2c1CN(C)CC2. The Morgan fingerprint density at radius 1 is 1.54 bits per heavy atom. The van der Waals surface area contributed by atoms with Gasteiger partial charge in [-0.15, -0.1) is 0 Å². The van der Waals surface area contributed by atoms with E-state index in [4.69, 9.17) is 0 Å². The van der Waals surface area contributed by atoms with E-state index in [1.165, 1.54) is 29.8 Å². The first-order valence-corrected chi connectivity index (χ1v) is 4.95. The van der Waals surface area contributed by atoms with Crippen molar-refractivity contribution in [1.82, 2.24) is 9.88 Å². The van der Waals surface area contributed by atoms with Crippen LogP contribution in [0, 0.1) is 0 Å². The van der Waals surface area contributed by atoms with Gasteiger partial charge in [-0.05, 0) is 37.1 Å². The fraction of sp³-hybridized carbons (Fsp3) is 0.545. The van der Waals surface area contributed by atoms with Gasteiger partial charge < -0.3 is 4.90 Å². The lowest BCUT2D eigenvalue weighted by Gasteiger charge is -2.26. The summed E-state index contributed by atoms with van der Waals surface area (Å²) in [5.74, 6) is 0. The van der Waals surface area contributed by atoms with Crippen LogP contribution in [0.1, 0.15) is 23.7 Å². The first-order chi connectivity index (χ1) is 6.31. The molecular formula is C11H16N2. The molecule has 2 rings (SSSR count). The Balaban J connectivity index is 2.41. The lowest BCUT2D eigenvalue weighted by atomic mass is 9.98. The minimum atomic E-state index is 1.05. The van der Waals surface area contributed by atoms with E-state index < -0.39 is 0 Å². The van der Waals surface area contributed by atoms with E-state index >= 15 is 0 Å². The summed E-state index contributed by atoms with van der Waals surface area (Å²) < 4.78 is 0. The molecule has 2 nitrogen and oxygen atoms in total. The van der Waals surface area contributed by atoms with Crippen molar-refractivity contribution in [2.45, 2.75) is 26.3 Å². The van der Waals surface area contributed by atoms with Crippen LogP contribution in [0.2, 0.25) is 0 Å². The molecule has 1 aromatic heterocycles. The van der Waals surface area contributed by atoms with Crippen LogP contribution in [-0.2, 0) is 19.4 Å². The van der Waals surface area contributed by atoms with Crippen molar-refractivity contribution in [2.24, 2.45) is 0 Å². The predicted molar refractivity (Wildman–Crippen MR) is 53.7 cm³/mol. The summed E-state index contributed by atoms with van der Waals surface area (Å²) in [6, 6.07) is 2.17. The third kappa shape index (κ3) is 1.59. The molecule has 1 aliphatic heterocycles. The van der Waals surface area contributed by atoms with Crippen molar-refractivity contribution < 1.29 is 0 Å². The molecule has 1 aromatic rings. The summed E-state index contributed by atoms with van der Waals surface area (Å²) in [5.41, 5.74) is 4.26. The molecule has 1 aliphatic rings. The van der Waals surface area contributed by atoms with E-state index in [0.29, 0.717) is 0 Å². The van der Waals surface area contributed by atoms with E-state index in [-0.39, 0.29) is 0 Å². The van der Waals surface area contributed by atoms with Gasteiger partial charge in [0.15, 0.2) is 0 Å². The molecule has 0 bridgehead atoms. The second kappa shape index (κ2) is 3.46. The van der Waals surface area contributed by atoms with Crippen LogP contribution in [0.25, 0.3) is 0 Å². The van der Waals surface area contributed by atoms with Gasteiger partial charge >= 0.3 is 0 Å². The monoisotopic (exact) mass is 176 g/mol. The molecule has 0 unspecified atom stereocenters. The molecule has 0 fully saturated rings. The third-order valence-corrected chi connectivity index (χ3v) is 2.77. The second-order valence-electron chi connectivity index (χ2n) is 3.74. The molecule has 0 saturated carbocycles. The maximum atomic E-state index is 4.42. The number of likely N-dealkylation sites (N-methyl/N-ethyl adjacent to an activating group) is 1. The molecule has 70 valence electrons. The van der Waals surface area contributed by atoms with Crippen molar-refractivity contribution in [3.63, 3.8) is 0 Å². The highest BCUT2D eigenvalue weighted by Crippen LogP contribution is 2.20. The molecule has 0 spiro atoms. The van der Waals surface area contributed by atoms with Gasteiger partial charge in [-0.25, -0.2) is 0 Å². The fourth-order valence-corrected chi connectivity index (χ4v) is 1.97. The number of pyridine rings is 1. The van der Waals surface area contributed by atoms with E-state index in [1.54, 1.807) is 0 Å². The number of hydrogen-bond acceptors (Lipinski definition) is 2. The second-order valence-corrected chi connectivity index (χ2v) is 3.74. The Labute approximate surface area is 79.6 Å². The Morgan fingerprint density at radius 2 is 2.38 bits per heavy atom. The Bertz CT molecular complexity index is 293. The van der Waals surface area contributed by atoms with Crippen LogP contribution in [0.3, 0.4) is 0 Å². The number of rotatable bonds is 1. The number of nitrogens with zero attached hydrogens (tertiary/aromatic N) is 2. The summed E-state index contributed by atoms with van der Waals surface area (Å²) in [7, 11) is 2.18. The molecule has 0 radical (unpaired) electrons. The molecule has 0 amide bonds. The smallest absolute Gasteiger partial charge is 0.0448 e. The maximum Gasteiger partial charge on any atom is 0.0448 e. The van der Waals surface area contributed by atoms with Crippen LogP contribution >= 0.6 is 0 Å². The lowest BCUT2D eigenvalue weighted by Crippen LogP contribution is -2.27. The topological polar surface area (TPSA) is 16.1 Å². The van der Waals surface area contributed by atoms with Crippen LogP contribution in [0.15, 0.2) is 12.3 Å². The van der Waals surface area contributed by atoms with Crippen molar-refractivity contribution in [3.8, 4) is 0 Å². The van der Waals surface area contributed by atoms with E-state index in [0.717, 1.165) is 13.0 Å². The lowest BCUT2D eigenvalue weighted by molar-refractivity contribution is 0.311. The maximum absolute atomic E-state index is 4.42. The van der Waals surface area contributed by atoms with Gasteiger partial charge in [0.05, 0.1) is 0 Å². The molecule has 2 heteroatoms. The average molecular weight is 176 g/mol. The van der Waals surface area contributed by atoms with Gasteiger partial charge in [0.1, 0.15) is 0 Å². The van der Waals surface area contributed by atoms with E-state index in [9.17, 15) is 0 Å². The zero-order chi connectivity index (χ0) is 9.26. The van der Waals surface area contributed by atoms with E-state index in [1.807, 2.05) is 6.20 Å². The van der Waals surface area contributed by atoms with Crippen LogP contribution in [0.4, 0.5) is 0 Å². The predicted octanol–water partition coefficient (Wildman–Crippen LogP) is 1.63. The molecule has 0 saturated heterocycles. The molecule has 0 aromatic carbocycles. The summed E-state index contributed by atoms with van der Waals surface area (Å²) in [4.78, 5) is 6.78. The van der Waals surface area contributed by atoms with Gasteiger partial charge in [0.2, 0.25) is 0 Å². The van der Waals surface area contributed by atoms with Crippen molar-refractivity contribution in [3.05, 3.63) is 29.1 Å². The molecular weight excluding hydrogens is 160 g/mol. The quantitative estimate of drug-likeness (QED) is 0.646. The van der Waals surface area contributed by atoms with Crippen molar-refractivity contribution in [2.75, 3.05) is 13.6 Å². The van der Waals surface area contributed by atoms with Gasteiger partial charge in [-0.2, -0.15) is 0 Å². The zero-order valence-corrected chi connectivity index (χ0v) is 8.38. The number of aryl methyl sites for hydroxylation is 1. The fourth-order valence-electron chi connectivity index (χ4n) is 1.97. The summed E-state index contributed by atoms with van der Waals surface area (Å²) >= 11 is 0.